The molecule has 0 atom stereocenters. The molecule has 1 aliphatic heterocycles. The van der Waals surface area contributed by atoms with E-state index in [-0.39, 0.29) is 54.6 Å². The maximum absolute atomic E-state index is 12.7. The minimum absolute atomic E-state index is 0. The van der Waals surface area contributed by atoms with Crippen LogP contribution in [0, 0.1) is 17.2 Å². The van der Waals surface area contributed by atoms with Gasteiger partial charge in [0.05, 0.1) is 12.5 Å². The Hall–Kier alpha value is -2.19. The summed E-state index contributed by atoms with van der Waals surface area (Å²) in [6, 6.07) is 7.75. The summed E-state index contributed by atoms with van der Waals surface area (Å²) in [5.74, 6) is 0.283. The Morgan fingerprint density at radius 1 is 1.06 bits per heavy atom. The van der Waals surface area contributed by atoms with Crippen molar-refractivity contribution in [1.29, 1.82) is 5.41 Å². The molecule has 3 rings (SSSR count). The van der Waals surface area contributed by atoms with E-state index in [1.54, 1.807) is 0 Å². The molecule has 0 aromatic heterocycles. The Morgan fingerprint density at radius 3 is 2.15 bits per heavy atom. The van der Waals surface area contributed by atoms with Gasteiger partial charge in [0.15, 0.2) is 0 Å². The van der Waals surface area contributed by atoms with Crippen LogP contribution in [0.25, 0.3) is 0 Å². The molecule has 0 bridgehead atoms. The van der Waals surface area contributed by atoms with Crippen molar-refractivity contribution in [2.45, 2.75) is 45.6 Å². The number of amidine groups is 1. The van der Waals surface area contributed by atoms with Gasteiger partial charge in [-0.2, -0.15) is 0 Å². The third-order valence-corrected chi connectivity index (χ3v) is 6.06. The second-order valence-corrected chi connectivity index (χ2v) is 8.96. The maximum atomic E-state index is 12.7. The first-order valence-electron chi connectivity index (χ1n) is 11.2. The van der Waals surface area contributed by atoms with Gasteiger partial charge in [0.2, 0.25) is 0 Å². The summed E-state index contributed by atoms with van der Waals surface area (Å²) in [7, 11) is 0. The lowest BCUT2D eigenvalue weighted by atomic mass is 9.86. The molecule has 1 saturated heterocycles. The number of urea groups is 1. The fourth-order valence-electron chi connectivity index (χ4n) is 4.13. The number of carbonyl (C=O) groups is 2. The van der Waals surface area contributed by atoms with Gasteiger partial charge >= 0.3 is 12.0 Å². The standard InChI is InChI=1S/C23H35N5O3.2ClH/c1-16(2)15-31-22(29)18-3-7-19(8-4-18)26-23(30)28-13-11-27(12-14-28)20-9-5-17(6-10-20)21(24)25;;/h5-6,9-10,16,18-19H,3-4,7-8,11-15H2,1-2H3,(H3,24,25)(H,26,30);2*1H. The Balaban J connectivity index is 0.00000272. The number of hydrogen-bond donors (Lipinski definition) is 3. The molecular formula is C23H37Cl2N5O3. The molecule has 0 unspecified atom stereocenters. The monoisotopic (exact) mass is 501 g/mol. The molecule has 0 spiro atoms. The fraction of sp³-hybridized carbons (Fsp3) is 0.609. The van der Waals surface area contributed by atoms with Crippen LogP contribution < -0.4 is 16.0 Å². The summed E-state index contributed by atoms with van der Waals surface area (Å²) in [6.07, 6.45) is 3.17. The molecule has 186 valence electrons. The Morgan fingerprint density at radius 2 is 1.64 bits per heavy atom. The number of nitrogens with zero attached hydrogens (tertiary/aromatic N) is 2. The van der Waals surface area contributed by atoms with E-state index >= 15 is 0 Å². The number of nitrogens with one attached hydrogen (secondary N) is 2. The second-order valence-electron chi connectivity index (χ2n) is 8.96. The Kier molecular flexibility index (Phi) is 11.8. The van der Waals surface area contributed by atoms with E-state index in [2.05, 4.69) is 10.2 Å². The summed E-state index contributed by atoms with van der Waals surface area (Å²) >= 11 is 0. The number of amides is 2. The Labute approximate surface area is 208 Å². The van der Waals surface area contributed by atoms with Gasteiger partial charge in [0.25, 0.3) is 0 Å². The molecule has 0 radical (unpaired) electrons. The van der Waals surface area contributed by atoms with E-state index in [4.69, 9.17) is 15.9 Å². The van der Waals surface area contributed by atoms with Gasteiger partial charge in [0, 0.05) is 43.5 Å². The third kappa shape index (κ3) is 8.27. The minimum Gasteiger partial charge on any atom is -0.465 e. The minimum atomic E-state index is -0.0917. The van der Waals surface area contributed by atoms with Crippen molar-refractivity contribution in [1.82, 2.24) is 10.2 Å². The first-order chi connectivity index (χ1) is 14.8. The SMILES string of the molecule is CC(C)COC(=O)C1CCC(NC(=O)N2CCN(c3ccc(C(=N)N)cc3)CC2)CC1.Cl.Cl. The number of nitrogens with two attached hydrogens (primary N) is 1. The number of rotatable bonds is 6. The molecule has 1 heterocycles. The molecule has 33 heavy (non-hydrogen) atoms. The Bertz CT molecular complexity index is 775. The van der Waals surface area contributed by atoms with Gasteiger partial charge in [0.1, 0.15) is 5.84 Å². The molecule has 2 amide bonds. The number of halogens is 2. The average Bonchev–Trinajstić information content (AvgIpc) is 2.78. The number of esters is 1. The molecular weight excluding hydrogens is 465 g/mol. The summed E-state index contributed by atoms with van der Waals surface area (Å²) in [6.45, 7) is 7.40. The zero-order valence-electron chi connectivity index (χ0n) is 19.4. The first-order valence-corrected chi connectivity index (χ1v) is 11.2. The van der Waals surface area contributed by atoms with Crippen LogP contribution in [-0.2, 0) is 9.53 Å². The van der Waals surface area contributed by atoms with Crippen LogP contribution in [0.2, 0.25) is 0 Å². The van der Waals surface area contributed by atoms with Gasteiger partial charge in [-0.3, -0.25) is 10.2 Å². The quantitative estimate of drug-likeness (QED) is 0.314. The first kappa shape index (κ1) is 28.8. The van der Waals surface area contributed by atoms with Crippen molar-refractivity contribution < 1.29 is 14.3 Å². The zero-order chi connectivity index (χ0) is 22.4. The molecule has 1 aliphatic carbocycles. The van der Waals surface area contributed by atoms with Crippen molar-refractivity contribution in [2.75, 3.05) is 37.7 Å². The van der Waals surface area contributed by atoms with Gasteiger partial charge in [-0.15, -0.1) is 24.8 Å². The molecule has 1 aromatic rings. The van der Waals surface area contributed by atoms with E-state index < -0.39 is 0 Å². The maximum Gasteiger partial charge on any atom is 0.317 e. The molecule has 2 fully saturated rings. The average molecular weight is 502 g/mol. The van der Waals surface area contributed by atoms with Crippen molar-refractivity contribution in [3.63, 3.8) is 0 Å². The van der Waals surface area contributed by atoms with Gasteiger partial charge < -0.3 is 25.6 Å². The zero-order valence-corrected chi connectivity index (χ0v) is 21.1. The topological polar surface area (TPSA) is 112 Å². The highest BCUT2D eigenvalue weighted by Crippen LogP contribution is 2.26. The summed E-state index contributed by atoms with van der Waals surface area (Å²) in [5.41, 5.74) is 7.30. The van der Waals surface area contributed by atoms with Crippen LogP contribution in [0.1, 0.15) is 45.1 Å². The number of benzene rings is 1. The summed E-state index contributed by atoms with van der Waals surface area (Å²) in [4.78, 5) is 28.9. The number of ether oxygens (including phenoxy) is 1. The summed E-state index contributed by atoms with van der Waals surface area (Å²) in [5, 5.41) is 10.6. The third-order valence-electron chi connectivity index (χ3n) is 6.06. The normalized spacial score (nSPS) is 20.3. The van der Waals surface area contributed by atoms with Crippen LogP contribution in [0.4, 0.5) is 10.5 Å². The van der Waals surface area contributed by atoms with Gasteiger partial charge in [-0.05, 0) is 55.9 Å². The van der Waals surface area contributed by atoms with E-state index in [0.717, 1.165) is 44.5 Å². The van der Waals surface area contributed by atoms with E-state index in [9.17, 15) is 9.59 Å². The highest BCUT2D eigenvalue weighted by atomic mass is 35.5. The van der Waals surface area contributed by atoms with Crippen molar-refractivity contribution in [3.8, 4) is 0 Å². The molecule has 10 heteroatoms. The lowest BCUT2D eigenvalue weighted by Gasteiger charge is -2.37. The smallest absolute Gasteiger partial charge is 0.317 e. The van der Waals surface area contributed by atoms with Crippen LogP contribution in [-0.4, -0.2) is 61.6 Å². The summed E-state index contributed by atoms with van der Waals surface area (Å²) < 4.78 is 5.36. The second kappa shape index (κ2) is 13.5. The highest BCUT2D eigenvalue weighted by molar-refractivity contribution is 5.95. The van der Waals surface area contributed by atoms with Crippen LogP contribution >= 0.6 is 24.8 Å². The van der Waals surface area contributed by atoms with Crippen molar-refractivity contribution >= 4 is 48.3 Å². The van der Waals surface area contributed by atoms with Crippen molar-refractivity contribution in [3.05, 3.63) is 29.8 Å². The number of piperazine rings is 1. The number of anilines is 1. The number of hydrogen-bond acceptors (Lipinski definition) is 5. The van der Waals surface area contributed by atoms with Crippen LogP contribution in [0.3, 0.4) is 0 Å². The number of carbonyl (C=O) groups excluding carboxylic acids is 2. The van der Waals surface area contributed by atoms with Crippen molar-refractivity contribution in [2.24, 2.45) is 17.6 Å². The van der Waals surface area contributed by atoms with Crippen LogP contribution in [0.5, 0.6) is 0 Å². The fourth-order valence-corrected chi connectivity index (χ4v) is 4.13. The highest BCUT2D eigenvalue weighted by Gasteiger charge is 2.30. The predicted octanol–water partition coefficient (Wildman–Crippen LogP) is 3.40. The largest absolute Gasteiger partial charge is 0.465 e. The van der Waals surface area contributed by atoms with E-state index in [0.29, 0.717) is 31.2 Å². The number of nitrogen functional groups attached to an aromatic ring is 1. The van der Waals surface area contributed by atoms with Crippen LogP contribution in [0.15, 0.2) is 24.3 Å². The lowest BCUT2D eigenvalue weighted by Crippen LogP contribution is -2.54. The molecule has 4 N–H and O–H groups in total. The molecule has 8 nitrogen and oxygen atoms in total. The van der Waals surface area contributed by atoms with E-state index in [1.807, 2.05) is 43.0 Å². The molecule has 1 saturated carbocycles. The van der Waals surface area contributed by atoms with Gasteiger partial charge in [-0.25, -0.2) is 4.79 Å². The molecule has 1 aromatic carbocycles. The van der Waals surface area contributed by atoms with Gasteiger partial charge in [-0.1, -0.05) is 13.8 Å². The predicted molar refractivity (Wildman–Crippen MR) is 136 cm³/mol. The van der Waals surface area contributed by atoms with E-state index in [1.165, 1.54) is 0 Å². The lowest BCUT2D eigenvalue weighted by molar-refractivity contribution is -0.150. The molecule has 2 aliphatic rings.